The fourth-order valence-corrected chi connectivity index (χ4v) is 1.52. The molecule has 0 aliphatic carbocycles. The van der Waals surface area contributed by atoms with Gasteiger partial charge in [0, 0.05) is 0 Å². The van der Waals surface area contributed by atoms with Crippen LogP contribution >= 0.6 is 23.2 Å². The first-order valence-electron chi connectivity index (χ1n) is 4.05. The van der Waals surface area contributed by atoms with Gasteiger partial charge in [0.25, 0.3) is 5.88 Å². The predicted octanol–water partition coefficient (Wildman–Crippen LogP) is 2.24. The standard InChI is InChI=1S/C9H6Cl2N2O2/c1-15-9-8(14)12-6-2-4(10)5(11)3-7(6)13-9/h2-3H,1H3,(H,12,14). The first kappa shape index (κ1) is 10.3. The normalized spacial score (nSPS) is 10.6. The van der Waals surface area contributed by atoms with Gasteiger partial charge in [0.2, 0.25) is 0 Å². The number of benzene rings is 1. The molecule has 0 aliphatic rings. The summed E-state index contributed by atoms with van der Waals surface area (Å²) in [6, 6.07) is 3.12. The number of halogens is 2. The van der Waals surface area contributed by atoms with E-state index < -0.39 is 5.56 Å². The second-order valence-corrected chi connectivity index (χ2v) is 3.67. The number of aromatic nitrogens is 2. The zero-order valence-electron chi connectivity index (χ0n) is 7.67. The molecule has 0 aliphatic heterocycles. The van der Waals surface area contributed by atoms with Crippen LogP contribution in [0.15, 0.2) is 16.9 Å². The monoisotopic (exact) mass is 244 g/mol. The first-order chi connectivity index (χ1) is 7.11. The summed E-state index contributed by atoms with van der Waals surface area (Å²) in [6.07, 6.45) is 0. The molecule has 2 aromatic rings. The molecule has 0 bridgehead atoms. The van der Waals surface area contributed by atoms with Crippen LogP contribution in [-0.2, 0) is 0 Å². The minimum Gasteiger partial charge on any atom is -0.477 e. The molecular formula is C9H6Cl2N2O2. The van der Waals surface area contributed by atoms with Crippen molar-refractivity contribution >= 4 is 34.2 Å². The number of ether oxygens (including phenoxy) is 1. The quantitative estimate of drug-likeness (QED) is 0.838. The van der Waals surface area contributed by atoms with Gasteiger partial charge in [0.15, 0.2) is 0 Å². The van der Waals surface area contributed by atoms with Gasteiger partial charge in [0.05, 0.1) is 28.2 Å². The average molecular weight is 245 g/mol. The highest BCUT2D eigenvalue weighted by molar-refractivity contribution is 6.42. The summed E-state index contributed by atoms with van der Waals surface area (Å²) in [5, 5.41) is 0.748. The minimum atomic E-state index is -0.400. The van der Waals surface area contributed by atoms with Crippen molar-refractivity contribution in [3.8, 4) is 5.88 Å². The summed E-state index contributed by atoms with van der Waals surface area (Å²) >= 11 is 11.6. The van der Waals surface area contributed by atoms with Crippen LogP contribution in [0.25, 0.3) is 11.0 Å². The Balaban J connectivity index is 2.82. The second-order valence-electron chi connectivity index (χ2n) is 2.86. The van der Waals surface area contributed by atoms with Gasteiger partial charge in [-0.05, 0) is 12.1 Å². The molecule has 15 heavy (non-hydrogen) atoms. The van der Waals surface area contributed by atoms with Crippen LogP contribution < -0.4 is 10.3 Å². The summed E-state index contributed by atoms with van der Waals surface area (Å²) in [5.74, 6) is 0.000823. The van der Waals surface area contributed by atoms with Crippen LogP contribution in [0.5, 0.6) is 5.88 Å². The van der Waals surface area contributed by atoms with Gasteiger partial charge in [0.1, 0.15) is 0 Å². The molecule has 0 amide bonds. The highest BCUT2D eigenvalue weighted by Gasteiger charge is 2.07. The molecule has 1 N–H and O–H groups in total. The van der Waals surface area contributed by atoms with Gasteiger partial charge in [-0.15, -0.1) is 0 Å². The predicted molar refractivity (Wildman–Crippen MR) is 58.9 cm³/mol. The number of aromatic amines is 1. The Kier molecular flexibility index (Phi) is 2.54. The number of hydrogen-bond acceptors (Lipinski definition) is 3. The topological polar surface area (TPSA) is 55.0 Å². The lowest BCUT2D eigenvalue weighted by molar-refractivity contribution is 0.393. The Morgan fingerprint density at radius 1 is 1.33 bits per heavy atom. The lowest BCUT2D eigenvalue weighted by Gasteiger charge is -2.02. The van der Waals surface area contributed by atoms with Crippen LogP contribution in [0, 0.1) is 0 Å². The van der Waals surface area contributed by atoms with Crippen molar-refractivity contribution in [2.75, 3.05) is 7.11 Å². The molecule has 1 heterocycles. The summed E-state index contributed by atoms with van der Waals surface area (Å²) in [4.78, 5) is 17.9. The van der Waals surface area contributed by atoms with Crippen molar-refractivity contribution in [1.29, 1.82) is 0 Å². The van der Waals surface area contributed by atoms with Crippen LogP contribution in [0.1, 0.15) is 0 Å². The fourth-order valence-electron chi connectivity index (χ4n) is 1.20. The van der Waals surface area contributed by atoms with Crippen molar-refractivity contribution in [2.24, 2.45) is 0 Å². The minimum absolute atomic E-state index is 0.000823. The summed E-state index contributed by atoms with van der Waals surface area (Å²) in [6.45, 7) is 0. The number of nitrogens with zero attached hydrogens (tertiary/aromatic N) is 1. The van der Waals surface area contributed by atoms with E-state index in [0.29, 0.717) is 21.1 Å². The molecule has 0 saturated heterocycles. The van der Waals surface area contributed by atoms with Crippen molar-refractivity contribution in [3.05, 3.63) is 32.5 Å². The lowest BCUT2D eigenvalue weighted by Crippen LogP contribution is -2.11. The highest BCUT2D eigenvalue weighted by Crippen LogP contribution is 2.25. The van der Waals surface area contributed by atoms with E-state index in [1.807, 2.05) is 0 Å². The number of fused-ring (bicyclic) bond motifs is 1. The third-order valence-electron chi connectivity index (χ3n) is 1.90. The van der Waals surface area contributed by atoms with Gasteiger partial charge in [-0.3, -0.25) is 4.79 Å². The van der Waals surface area contributed by atoms with Crippen molar-refractivity contribution < 1.29 is 4.74 Å². The molecule has 78 valence electrons. The molecule has 2 rings (SSSR count). The molecule has 1 aromatic heterocycles. The largest absolute Gasteiger partial charge is 0.477 e. The number of hydrogen-bond donors (Lipinski definition) is 1. The number of nitrogens with one attached hydrogen (secondary N) is 1. The zero-order valence-corrected chi connectivity index (χ0v) is 9.19. The molecule has 4 nitrogen and oxygen atoms in total. The van der Waals surface area contributed by atoms with E-state index in [9.17, 15) is 4.79 Å². The SMILES string of the molecule is COc1nc2cc(Cl)c(Cl)cc2[nH]c1=O. The maximum atomic E-state index is 11.3. The van der Waals surface area contributed by atoms with Crippen LogP contribution in [0.3, 0.4) is 0 Å². The van der Waals surface area contributed by atoms with E-state index in [2.05, 4.69) is 9.97 Å². The van der Waals surface area contributed by atoms with E-state index in [0.717, 1.165) is 0 Å². The Labute approximate surface area is 94.8 Å². The van der Waals surface area contributed by atoms with Gasteiger partial charge in [-0.1, -0.05) is 23.2 Å². The molecule has 0 unspecified atom stereocenters. The molecule has 0 atom stereocenters. The molecule has 0 spiro atoms. The molecule has 0 fully saturated rings. The van der Waals surface area contributed by atoms with E-state index in [4.69, 9.17) is 27.9 Å². The zero-order chi connectivity index (χ0) is 11.0. The van der Waals surface area contributed by atoms with Gasteiger partial charge in [-0.25, -0.2) is 4.98 Å². The van der Waals surface area contributed by atoms with E-state index in [1.54, 1.807) is 12.1 Å². The molecule has 0 saturated carbocycles. The Morgan fingerprint density at radius 2 is 2.00 bits per heavy atom. The number of rotatable bonds is 1. The maximum absolute atomic E-state index is 11.3. The maximum Gasteiger partial charge on any atom is 0.311 e. The summed E-state index contributed by atoms with van der Waals surface area (Å²) < 4.78 is 4.79. The first-order valence-corrected chi connectivity index (χ1v) is 4.80. The smallest absolute Gasteiger partial charge is 0.311 e. The summed E-state index contributed by atoms with van der Waals surface area (Å²) in [7, 11) is 1.38. The molecular weight excluding hydrogens is 239 g/mol. The third-order valence-corrected chi connectivity index (χ3v) is 2.62. The van der Waals surface area contributed by atoms with Crippen molar-refractivity contribution in [1.82, 2.24) is 9.97 Å². The average Bonchev–Trinajstić information content (AvgIpc) is 2.20. The number of H-pyrrole nitrogens is 1. The fraction of sp³-hybridized carbons (Fsp3) is 0.111. The lowest BCUT2D eigenvalue weighted by atomic mass is 10.3. The number of methoxy groups -OCH3 is 1. The van der Waals surface area contributed by atoms with Crippen molar-refractivity contribution in [2.45, 2.75) is 0 Å². The van der Waals surface area contributed by atoms with Gasteiger partial charge >= 0.3 is 5.56 Å². The molecule has 1 aromatic carbocycles. The van der Waals surface area contributed by atoms with Crippen molar-refractivity contribution in [3.63, 3.8) is 0 Å². The highest BCUT2D eigenvalue weighted by atomic mass is 35.5. The van der Waals surface area contributed by atoms with Gasteiger partial charge in [-0.2, -0.15) is 0 Å². The van der Waals surface area contributed by atoms with E-state index >= 15 is 0 Å². The Morgan fingerprint density at radius 3 is 2.67 bits per heavy atom. The summed E-state index contributed by atoms with van der Waals surface area (Å²) in [5.41, 5.74) is 0.652. The van der Waals surface area contributed by atoms with Crippen LogP contribution in [0.2, 0.25) is 10.0 Å². The van der Waals surface area contributed by atoms with Crippen LogP contribution in [0.4, 0.5) is 0 Å². The van der Waals surface area contributed by atoms with Crippen LogP contribution in [-0.4, -0.2) is 17.1 Å². The Bertz CT molecular complexity index is 580. The third kappa shape index (κ3) is 1.78. The van der Waals surface area contributed by atoms with E-state index in [1.165, 1.54) is 7.11 Å². The van der Waals surface area contributed by atoms with E-state index in [-0.39, 0.29) is 5.88 Å². The molecule has 0 radical (unpaired) electrons. The van der Waals surface area contributed by atoms with Gasteiger partial charge < -0.3 is 9.72 Å². The Hall–Kier alpha value is -1.26. The second kappa shape index (κ2) is 3.72. The molecule has 6 heteroatoms.